The summed E-state index contributed by atoms with van der Waals surface area (Å²) >= 11 is 6.09. The molecule has 0 fully saturated rings. The van der Waals surface area contributed by atoms with E-state index in [9.17, 15) is 4.79 Å². The molecule has 1 aromatic heterocycles. The molecule has 2 aromatic rings. The fraction of sp³-hybridized carbons (Fsp3) is 0.312. The lowest BCUT2D eigenvalue weighted by Crippen LogP contribution is -2.10. The molecule has 0 saturated carbocycles. The highest BCUT2D eigenvalue weighted by Crippen LogP contribution is 2.28. The summed E-state index contributed by atoms with van der Waals surface area (Å²) in [5.41, 5.74) is 0.163. The first-order chi connectivity index (χ1) is 11.6. The van der Waals surface area contributed by atoms with Crippen LogP contribution >= 0.6 is 11.6 Å². The summed E-state index contributed by atoms with van der Waals surface area (Å²) in [4.78, 5) is 20.4. The van der Waals surface area contributed by atoms with Crippen molar-refractivity contribution < 1.29 is 23.7 Å². The van der Waals surface area contributed by atoms with Crippen molar-refractivity contribution in [3.8, 4) is 17.5 Å². The Labute approximate surface area is 144 Å². The third kappa shape index (κ3) is 4.26. The number of methoxy groups -OCH3 is 2. The number of hydrogen-bond acceptors (Lipinski definition) is 7. The Balaban J connectivity index is 2.23. The maximum Gasteiger partial charge on any atom is 0.343 e. The summed E-state index contributed by atoms with van der Waals surface area (Å²) in [6.45, 7) is 1.95. The Hall–Kier alpha value is -2.54. The van der Waals surface area contributed by atoms with Crippen LogP contribution in [-0.4, -0.2) is 36.8 Å². The number of benzene rings is 1. The van der Waals surface area contributed by atoms with Gasteiger partial charge in [-0.3, -0.25) is 0 Å². The third-order valence-electron chi connectivity index (χ3n) is 2.96. The third-order valence-corrected chi connectivity index (χ3v) is 3.27. The van der Waals surface area contributed by atoms with E-state index in [4.69, 9.17) is 30.5 Å². The van der Waals surface area contributed by atoms with Crippen LogP contribution in [0.5, 0.6) is 17.5 Å². The van der Waals surface area contributed by atoms with Crippen LogP contribution in [0, 0.1) is 0 Å². The van der Waals surface area contributed by atoms with Crippen LogP contribution in [0.1, 0.15) is 23.1 Å². The highest BCUT2D eigenvalue weighted by atomic mass is 35.5. The molecule has 0 unspecified atom stereocenters. The highest BCUT2D eigenvalue weighted by molar-refractivity contribution is 6.34. The zero-order valence-electron chi connectivity index (χ0n) is 13.5. The smallest absolute Gasteiger partial charge is 0.343 e. The minimum atomic E-state index is -0.553. The predicted molar refractivity (Wildman–Crippen MR) is 86.9 cm³/mol. The van der Waals surface area contributed by atoms with Crippen molar-refractivity contribution >= 4 is 17.6 Å². The lowest BCUT2D eigenvalue weighted by molar-refractivity contribution is 0.0521. The average Bonchev–Trinajstić information content (AvgIpc) is 2.59. The molecular formula is C16H17ClN2O5. The number of halogens is 1. The first-order valence-corrected chi connectivity index (χ1v) is 7.51. The van der Waals surface area contributed by atoms with Gasteiger partial charge in [-0.1, -0.05) is 17.7 Å². The SMILES string of the molecule is CCOC(=O)c1c(Cl)cccc1OCc1nc(OC)cc(OC)n1. The highest BCUT2D eigenvalue weighted by Gasteiger charge is 2.18. The fourth-order valence-electron chi connectivity index (χ4n) is 1.89. The van der Waals surface area contributed by atoms with E-state index < -0.39 is 5.97 Å². The van der Waals surface area contributed by atoms with Gasteiger partial charge in [-0.2, -0.15) is 9.97 Å². The largest absolute Gasteiger partial charge is 0.485 e. The minimum absolute atomic E-state index is 0.000305. The van der Waals surface area contributed by atoms with Crippen LogP contribution in [0.15, 0.2) is 24.3 Å². The maximum absolute atomic E-state index is 12.0. The number of carbonyl (C=O) groups is 1. The standard InChI is InChI=1S/C16H17ClN2O5/c1-4-23-16(20)15-10(17)6-5-7-11(15)24-9-12-18-13(21-2)8-14(19-12)22-3/h5-8H,4,9H2,1-3H3. The zero-order valence-corrected chi connectivity index (χ0v) is 14.3. The van der Waals surface area contributed by atoms with Crippen LogP contribution in [0.4, 0.5) is 0 Å². The number of hydrogen-bond donors (Lipinski definition) is 0. The molecule has 24 heavy (non-hydrogen) atoms. The normalized spacial score (nSPS) is 10.2. The van der Waals surface area contributed by atoms with Gasteiger partial charge in [-0.05, 0) is 19.1 Å². The first-order valence-electron chi connectivity index (χ1n) is 7.13. The summed E-state index contributed by atoms with van der Waals surface area (Å²) in [5.74, 6) is 0.754. The number of nitrogens with zero attached hydrogens (tertiary/aromatic N) is 2. The van der Waals surface area contributed by atoms with Gasteiger partial charge in [0.2, 0.25) is 11.8 Å². The fourth-order valence-corrected chi connectivity index (χ4v) is 2.13. The Bertz CT molecular complexity index is 701. The summed E-state index contributed by atoms with van der Waals surface area (Å²) in [7, 11) is 2.98. The van der Waals surface area contributed by atoms with E-state index in [-0.39, 0.29) is 29.5 Å². The van der Waals surface area contributed by atoms with Gasteiger partial charge in [0.25, 0.3) is 0 Å². The molecule has 0 aliphatic carbocycles. The quantitative estimate of drug-likeness (QED) is 0.709. The number of ether oxygens (including phenoxy) is 4. The number of rotatable bonds is 7. The van der Waals surface area contributed by atoms with Gasteiger partial charge in [-0.25, -0.2) is 4.79 Å². The van der Waals surface area contributed by atoms with E-state index >= 15 is 0 Å². The van der Waals surface area contributed by atoms with Gasteiger partial charge in [0.05, 0.1) is 31.9 Å². The van der Waals surface area contributed by atoms with Gasteiger partial charge < -0.3 is 18.9 Å². The lowest BCUT2D eigenvalue weighted by atomic mass is 10.2. The topological polar surface area (TPSA) is 79.8 Å². The van der Waals surface area contributed by atoms with E-state index in [1.807, 2.05) is 0 Å². The van der Waals surface area contributed by atoms with Crippen molar-refractivity contribution in [3.05, 3.63) is 40.7 Å². The predicted octanol–water partition coefficient (Wildman–Crippen LogP) is 2.90. The Morgan fingerprint density at radius 3 is 2.42 bits per heavy atom. The van der Waals surface area contributed by atoms with Gasteiger partial charge in [-0.15, -0.1) is 0 Å². The van der Waals surface area contributed by atoms with Gasteiger partial charge in [0.1, 0.15) is 17.9 Å². The molecule has 0 amide bonds. The van der Waals surface area contributed by atoms with E-state index in [0.29, 0.717) is 17.6 Å². The molecule has 0 N–H and O–H groups in total. The molecule has 0 radical (unpaired) electrons. The Morgan fingerprint density at radius 1 is 1.17 bits per heavy atom. The molecule has 7 nitrogen and oxygen atoms in total. The Kier molecular flexibility index (Phi) is 6.20. The minimum Gasteiger partial charge on any atom is -0.485 e. The second kappa shape index (κ2) is 8.35. The summed E-state index contributed by atoms with van der Waals surface area (Å²) in [6.07, 6.45) is 0. The van der Waals surface area contributed by atoms with Gasteiger partial charge >= 0.3 is 5.97 Å². The van der Waals surface area contributed by atoms with Crippen LogP contribution in [-0.2, 0) is 11.3 Å². The Morgan fingerprint density at radius 2 is 1.83 bits per heavy atom. The van der Waals surface area contributed by atoms with Crippen LogP contribution < -0.4 is 14.2 Å². The number of aromatic nitrogens is 2. The molecular weight excluding hydrogens is 336 g/mol. The van der Waals surface area contributed by atoms with Gasteiger partial charge in [0, 0.05) is 0 Å². The maximum atomic E-state index is 12.0. The summed E-state index contributed by atoms with van der Waals surface area (Å²) in [5, 5.41) is 0.245. The van der Waals surface area contributed by atoms with Crippen molar-refractivity contribution in [3.63, 3.8) is 0 Å². The van der Waals surface area contributed by atoms with Crippen molar-refractivity contribution in [2.75, 3.05) is 20.8 Å². The van der Waals surface area contributed by atoms with Crippen molar-refractivity contribution in [1.82, 2.24) is 9.97 Å². The monoisotopic (exact) mass is 352 g/mol. The van der Waals surface area contributed by atoms with Gasteiger partial charge in [0.15, 0.2) is 5.82 Å². The molecule has 0 saturated heterocycles. The molecule has 8 heteroatoms. The molecule has 128 valence electrons. The van der Waals surface area contributed by atoms with E-state index in [1.54, 1.807) is 31.2 Å². The van der Waals surface area contributed by atoms with E-state index in [0.717, 1.165) is 0 Å². The van der Waals surface area contributed by atoms with E-state index in [2.05, 4.69) is 9.97 Å². The summed E-state index contributed by atoms with van der Waals surface area (Å²) < 4.78 is 20.8. The first kappa shape index (κ1) is 17.8. The molecule has 0 aliphatic heterocycles. The molecule has 2 rings (SSSR count). The van der Waals surface area contributed by atoms with Crippen LogP contribution in [0.2, 0.25) is 5.02 Å². The second-order valence-corrected chi connectivity index (χ2v) is 4.90. The molecule has 0 bridgehead atoms. The van der Waals surface area contributed by atoms with Crippen molar-refractivity contribution in [2.45, 2.75) is 13.5 Å². The zero-order chi connectivity index (χ0) is 17.5. The summed E-state index contributed by atoms with van der Waals surface area (Å²) in [6, 6.07) is 6.43. The average molecular weight is 353 g/mol. The van der Waals surface area contributed by atoms with E-state index in [1.165, 1.54) is 14.2 Å². The molecule has 0 spiro atoms. The number of esters is 1. The molecule has 1 heterocycles. The van der Waals surface area contributed by atoms with Crippen LogP contribution in [0.3, 0.4) is 0 Å². The second-order valence-electron chi connectivity index (χ2n) is 4.49. The molecule has 0 atom stereocenters. The number of carbonyl (C=O) groups excluding carboxylic acids is 1. The van der Waals surface area contributed by atoms with Crippen LogP contribution in [0.25, 0.3) is 0 Å². The van der Waals surface area contributed by atoms with Crippen molar-refractivity contribution in [2.24, 2.45) is 0 Å². The molecule has 1 aromatic carbocycles. The lowest BCUT2D eigenvalue weighted by Gasteiger charge is -2.12. The van der Waals surface area contributed by atoms with Crippen molar-refractivity contribution in [1.29, 1.82) is 0 Å². The molecule has 0 aliphatic rings.